The number of alkyl halides is 3. The van der Waals surface area contributed by atoms with Gasteiger partial charge < -0.3 is 15.2 Å². The minimum absolute atomic E-state index is 0.0880. The van der Waals surface area contributed by atoms with Gasteiger partial charge in [0.15, 0.2) is 6.61 Å². The number of anilines is 1. The predicted molar refractivity (Wildman–Crippen MR) is 62.9 cm³/mol. The molecule has 0 spiro atoms. The van der Waals surface area contributed by atoms with Crippen LogP contribution in [0.15, 0.2) is 12.3 Å². The van der Waals surface area contributed by atoms with E-state index in [0.717, 1.165) is 6.20 Å². The van der Waals surface area contributed by atoms with E-state index in [-0.39, 0.29) is 18.8 Å². The summed E-state index contributed by atoms with van der Waals surface area (Å²) in [4.78, 5) is 28.6. The molecule has 1 aromatic heterocycles. The first-order chi connectivity index (χ1) is 9.76. The van der Waals surface area contributed by atoms with E-state index in [1.807, 2.05) is 0 Å². The number of carboxylic acid groups (broad SMARTS) is 1. The summed E-state index contributed by atoms with van der Waals surface area (Å²) in [5.41, 5.74) is 0. The van der Waals surface area contributed by atoms with Crippen LogP contribution in [0.4, 0.5) is 23.8 Å². The fourth-order valence-corrected chi connectivity index (χ4v) is 1.07. The number of carbonyl (C=O) groups excluding carboxylic acids is 1. The van der Waals surface area contributed by atoms with Crippen LogP contribution in [0.25, 0.3) is 0 Å². The van der Waals surface area contributed by atoms with Crippen LogP contribution in [0.5, 0.6) is 6.01 Å². The van der Waals surface area contributed by atoms with Crippen LogP contribution in [0.1, 0.15) is 6.42 Å². The first-order valence-electron chi connectivity index (χ1n) is 5.55. The molecule has 0 unspecified atom stereocenters. The van der Waals surface area contributed by atoms with Crippen molar-refractivity contribution >= 4 is 17.8 Å². The van der Waals surface area contributed by atoms with Crippen LogP contribution in [0.2, 0.25) is 0 Å². The minimum Gasteiger partial charge on any atom is -0.481 e. The fraction of sp³-hybridized carbons (Fsp3) is 0.400. The molecule has 1 rings (SSSR count). The molecule has 0 fully saturated rings. The lowest BCUT2D eigenvalue weighted by molar-refractivity contribution is -0.154. The third-order valence-corrected chi connectivity index (χ3v) is 1.86. The molecule has 0 saturated carbocycles. The molecule has 0 aliphatic carbocycles. The summed E-state index contributed by atoms with van der Waals surface area (Å²) >= 11 is 0. The van der Waals surface area contributed by atoms with Crippen LogP contribution < -0.4 is 15.4 Å². The maximum absolute atomic E-state index is 11.9. The number of ether oxygens (including phenoxy) is 1. The molecule has 21 heavy (non-hydrogen) atoms. The molecular formula is C10H11F3N4O4. The van der Waals surface area contributed by atoms with E-state index in [2.05, 4.69) is 25.3 Å². The Morgan fingerprint density at radius 3 is 2.71 bits per heavy atom. The maximum Gasteiger partial charge on any atom is 0.422 e. The van der Waals surface area contributed by atoms with Crippen molar-refractivity contribution in [1.29, 1.82) is 0 Å². The quantitative estimate of drug-likeness (QED) is 0.723. The molecular weight excluding hydrogens is 297 g/mol. The van der Waals surface area contributed by atoms with Gasteiger partial charge in [-0.05, 0) is 6.07 Å². The third kappa shape index (κ3) is 7.54. The highest BCUT2D eigenvalue weighted by Gasteiger charge is 2.29. The van der Waals surface area contributed by atoms with E-state index in [4.69, 9.17) is 5.11 Å². The molecule has 1 aromatic rings. The third-order valence-electron chi connectivity index (χ3n) is 1.86. The molecule has 0 aliphatic heterocycles. The van der Waals surface area contributed by atoms with Gasteiger partial charge in [0.25, 0.3) is 0 Å². The van der Waals surface area contributed by atoms with Crippen molar-refractivity contribution in [2.45, 2.75) is 12.6 Å². The molecule has 0 atom stereocenters. The van der Waals surface area contributed by atoms with E-state index in [1.54, 1.807) is 0 Å². The van der Waals surface area contributed by atoms with Gasteiger partial charge in [-0.15, -0.1) is 0 Å². The molecule has 0 aromatic carbocycles. The Morgan fingerprint density at radius 2 is 2.10 bits per heavy atom. The van der Waals surface area contributed by atoms with Gasteiger partial charge in [-0.25, -0.2) is 9.78 Å². The highest BCUT2D eigenvalue weighted by Crippen LogP contribution is 2.16. The summed E-state index contributed by atoms with van der Waals surface area (Å²) in [5.74, 6) is -1.17. The van der Waals surface area contributed by atoms with Crippen LogP contribution >= 0.6 is 0 Å². The first-order valence-corrected chi connectivity index (χ1v) is 5.55. The molecule has 11 heteroatoms. The Morgan fingerprint density at radius 1 is 1.38 bits per heavy atom. The standard InChI is InChI=1S/C10H11F3N4O4/c11-10(12,13)5-21-9-15-3-1-6(17-9)16-8(20)14-4-2-7(18)19/h1,3H,2,4-5H2,(H,18,19)(H2,14,15,16,17,20). The maximum atomic E-state index is 11.9. The van der Waals surface area contributed by atoms with Gasteiger partial charge in [0.2, 0.25) is 0 Å². The van der Waals surface area contributed by atoms with Crippen LogP contribution in [-0.2, 0) is 4.79 Å². The molecule has 116 valence electrons. The van der Waals surface area contributed by atoms with Crippen molar-refractivity contribution < 1.29 is 32.6 Å². The topological polar surface area (TPSA) is 113 Å². The van der Waals surface area contributed by atoms with E-state index in [0.29, 0.717) is 0 Å². The highest BCUT2D eigenvalue weighted by atomic mass is 19.4. The van der Waals surface area contributed by atoms with E-state index in [9.17, 15) is 22.8 Å². The lowest BCUT2D eigenvalue weighted by Crippen LogP contribution is -2.31. The Balaban J connectivity index is 2.48. The smallest absolute Gasteiger partial charge is 0.422 e. The minimum atomic E-state index is -4.53. The van der Waals surface area contributed by atoms with Crippen molar-refractivity contribution in [3.8, 4) is 6.01 Å². The number of aliphatic carboxylic acids is 1. The SMILES string of the molecule is O=C(O)CCNC(=O)Nc1ccnc(OCC(F)(F)F)n1. The van der Waals surface area contributed by atoms with Gasteiger partial charge in [0.1, 0.15) is 5.82 Å². The number of hydrogen-bond acceptors (Lipinski definition) is 5. The van der Waals surface area contributed by atoms with E-state index >= 15 is 0 Å². The zero-order chi connectivity index (χ0) is 15.9. The Labute approximate surface area is 116 Å². The van der Waals surface area contributed by atoms with Crippen molar-refractivity contribution in [3.05, 3.63) is 12.3 Å². The summed E-state index contributed by atoms with van der Waals surface area (Å²) in [5, 5.41) is 12.8. The normalized spacial score (nSPS) is 10.8. The zero-order valence-electron chi connectivity index (χ0n) is 10.5. The van der Waals surface area contributed by atoms with Crippen molar-refractivity contribution in [2.24, 2.45) is 0 Å². The number of nitrogens with zero attached hydrogens (tertiary/aromatic N) is 2. The average molecular weight is 308 g/mol. The van der Waals surface area contributed by atoms with Gasteiger partial charge in [-0.2, -0.15) is 18.2 Å². The Bertz CT molecular complexity index is 509. The van der Waals surface area contributed by atoms with Gasteiger partial charge in [-0.1, -0.05) is 0 Å². The van der Waals surface area contributed by atoms with Crippen molar-refractivity contribution in [3.63, 3.8) is 0 Å². The van der Waals surface area contributed by atoms with Crippen LogP contribution in [0, 0.1) is 0 Å². The summed E-state index contributed by atoms with van der Waals surface area (Å²) in [6.07, 6.45) is -3.69. The number of nitrogens with one attached hydrogen (secondary N) is 2. The number of aromatic nitrogens is 2. The van der Waals surface area contributed by atoms with Crippen molar-refractivity contribution in [1.82, 2.24) is 15.3 Å². The summed E-state index contributed by atoms with van der Waals surface area (Å²) < 4.78 is 40.2. The molecule has 0 saturated heterocycles. The zero-order valence-corrected chi connectivity index (χ0v) is 10.5. The number of hydrogen-bond donors (Lipinski definition) is 3. The second kappa shape index (κ2) is 7.26. The van der Waals surface area contributed by atoms with E-state index in [1.165, 1.54) is 6.07 Å². The molecule has 2 amide bonds. The first kappa shape index (κ1) is 16.5. The lowest BCUT2D eigenvalue weighted by Gasteiger charge is -2.09. The molecule has 0 bridgehead atoms. The van der Waals surface area contributed by atoms with Crippen LogP contribution in [0.3, 0.4) is 0 Å². The van der Waals surface area contributed by atoms with Gasteiger partial charge in [0.05, 0.1) is 6.42 Å². The number of amides is 2. The van der Waals surface area contributed by atoms with Crippen molar-refractivity contribution in [2.75, 3.05) is 18.5 Å². The van der Waals surface area contributed by atoms with Gasteiger partial charge in [-0.3, -0.25) is 10.1 Å². The van der Waals surface area contributed by atoms with Crippen LogP contribution in [-0.4, -0.2) is 46.4 Å². The number of halogens is 3. The fourth-order valence-electron chi connectivity index (χ4n) is 1.07. The predicted octanol–water partition coefficient (Wildman–Crippen LogP) is 1.01. The highest BCUT2D eigenvalue weighted by molar-refractivity contribution is 5.88. The number of rotatable bonds is 6. The van der Waals surface area contributed by atoms with Gasteiger partial charge in [0, 0.05) is 12.7 Å². The summed E-state index contributed by atoms with van der Waals surface area (Å²) in [6, 6.07) is -0.0654. The molecule has 8 nitrogen and oxygen atoms in total. The monoisotopic (exact) mass is 308 g/mol. The number of urea groups is 1. The molecule has 3 N–H and O–H groups in total. The number of carbonyl (C=O) groups is 2. The number of carboxylic acids is 1. The Kier molecular flexibility index (Phi) is 5.69. The Hall–Kier alpha value is -2.59. The second-order valence-electron chi connectivity index (χ2n) is 3.65. The largest absolute Gasteiger partial charge is 0.481 e. The average Bonchev–Trinajstić information content (AvgIpc) is 2.35. The summed E-state index contributed by atoms with van der Waals surface area (Å²) in [6.45, 7) is -1.66. The summed E-state index contributed by atoms with van der Waals surface area (Å²) in [7, 11) is 0. The van der Waals surface area contributed by atoms with E-state index < -0.39 is 30.8 Å². The molecule has 1 heterocycles. The second-order valence-corrected chi connectivity index (χ2v) is 3.65. The molecule has 0 aliphatic rings. The molecule has 0 radical (unpaired) electrons. The lowest BCUT2D eigenvalue weighted by atomic mass is 10.4. The van der Waals surface area contributed by atoms with Gasteiger partial charge >= 0.3 is 24.2 Å².